The van der Waals surface area contributed by atoms with Gasteiger partial charge in [0.2, 0.25) is 5.91 Å². The molecule has 1 amide bonds. The standard InChI is InChI=1S/C25H27N5O2S/c1-5-14-29-24(32)20-8-6-7-9-21(20)26-25(29)33-15-22(31)27-23-17(3)28-30(18(23)4)19-12-10-16(2)11-13-19/h6-13H,5,14-15H2,1-4H3,(H,27,31). The van der Waals surface area contributed by atoms with Crippen LogP contribution in [0.1, 0.15) is 30.3 Å². The van der Waals surface area contributed by atoms with Gasteiger partial charge in [0.15, 0.2) is 5.16 Å². The van der Waals surface area contributed by atoms with Gasteiger partial charge in [-0.1, -0.05) is 48.5 Å². The van der Waals surface area contributed by atoms with Gasteiger partial charge in [0, 0.05) is 6.54 Å². The smallest absolute Gasteiger partial charge is 0.262 e. The van der Waals surface area contributed by atoms with Crippen LogP contribution in [0.25, 0.3) is 16.6 Å². The van der Waals surface area contributed by atoms with Gasteiger partial charge >= 0.3 is 0 Å². The summed E-state index contributed by atoms with van der Waals surface area (Å²) in [5, 5.41) is 8.75. The fourth-order valence-electron chi connectivity index (χ4n) is 3.75. The molecule has 1 N–H and O–H groups in total. The lowest BCUT2D eigenvalue weighted by Gasteiger charge is -2.12. The maximum absolute atomic E-state index is 12.9. The Morgan fingerprint density at radius 1 is 1.06 bits per heavy atom. The number of amides is 1. The first kappa shape index (κ1) is 22.8. The van der Waals surface area contributed by atoms with E-state index in [0.29, 0.717) is 28.3 Å². The second kappa shape index (κ2) is 9.62. The van der Waals surface area contributed by atoms with Crippen molar-refractivity contribution in [2.24, 2.45) is 0 Å². The third-order valence-corrected chi connectivity index (χ3v) is 6.42. The third kappa shape index (κ3) is 4.71. The Morgan fingerprint density at radius 2 is 1.79 bits per heavy atom. The van der Waals surface area contributed by atoms with Crippen LogP contribution >= 0.6 is 11.8 Å². The Labute approximate surface area is 196 Å². The third-order valence-electron chi connectivity index (χ3n) is 5.44. The maximum Gasteiger partial charge on any atom is 0.262 e. The Morgan fingerprint density at radius 3 is 2.52 bits per heavy atom. The summed E-state index contributed by atoms with van der Waals surface area (Å²) in [7, 11) is 0. The summed E-state index contributed by atoms with van der Waals surface area (Å²) in [6.07, 6.45) is 0.802. The summed E-state index contributed by atoms with van der Waals surface area (Å²) < 4.78 is 3.49. The van der Waals surface area contributed by atoms with Crippen LogP contribution in [0.5, 0.6) is 0 Å². The second-order valence-electron chi connectivity index (χ2n) is 8.00. The fourth-order valence-corrected chi connectivity index (χ4v) is 4.57. The van der Waals surface area contributed by atoms with Crippen molar-refractivity contribution in [2.45, 2.75) is 45.8 Å². The lowest BCUT2D eigenvalue weighted by molar-refractivity contribution is -0.113. The van der Waals surface area contributed by atoms with Crippen LogP contribution < -0.4 is 10.9 Å². The number of rotatable bonds is 7. The van der Waals surface area contributed by atoms with Gasteiger partial charge in [-0.3, -0.25) is 14.2 Å². The van der Waals surface area contributed by atoms with E-state index in [-0.39, 0.29) is 17.2 Å². The van der Waals surface area contributed by atoms with Crippen molar-refractivity contribution in [3.05, 3.63) is 75.8 Å². The highest BCUT2D eigenvalue weighted by atomic mass is 32.2. The van der Waals surface area contributed by atoms with Crippen LogP contribution in [0, 0.1) is 20.8 Å². The number of para-hydroxylation sites is 1. The molecule has 8 heteroatoms. The highest BCUT2D eigenvalue weighted by Gasteiger charge is 2.17. The first-order valence-electron chi connectivity index (χ1n) is 10.9. The first-order valence-corrected chi connectivity index (χ1v) is 11.9. The quantitative estimate of drug-likeness (QED) is 0.320. The average molecular weight is 462 g/mol. The number of thioether (sulfide) groups is 1. The van der Waals surface area contributed by atoms with Gasteiger partial charge in [-0.2, -0.15) is 5.10 Å². The van der Waals surface area contributed by atoms with Gasteiger partial charge in [0.05, 0.1) is 39.4 Å². The van der Waals surface area contributed by atoms with E-state index in [2.05, 4.69) is 15.4 Å². The van der Waals surface area contributed by atoms with Gasteiger partial charge < -0.3 is 5.32 Å². The van der Waals surface area contributed by atoms with Crippen LogP contribution in [-0.2, 0) is 11.3 Å². The number of aromatic nitrogens is 4. The van der Waals surface area contributed by atoms with Gasteiger partial charge in [-0.25, -0.2) is 9.67 Å². The SMILES string of the molecule is CCCn1c(SCC(=O)Nc2c(C)nn(-c3ccc(C)cc3)c2C)nc2ccccc2c1=O. The van der Waals surface area contributed by atoms with Crippen LogP contribution in [0.15, 0.2) is 58.5 Å². The maximum atomic E-state index is 12.9. The molecule has 0 radical (unpaired) electrons. The molecule has 170 valence electrons. The fraction of sp³-hybridized carbons (Fsp3) is 0.280. The van der Waals surface area contributed by atoms with Crippen molar-refractivity contribution in [3.63, 3.8) is 0 Å². The molecule has 7 nitrogen and oxygen atoms in total. The predicted molar refractivity (Wildman–Crippen MR) is 133 cm³/mol. The molecule has 4 aromatic rings. The number of carbonyl (C=O) groups excluding carboxylic acids is 1. The number of hydrogen-bond donors (Lipinski definition) is 1. The van der Waals surface area contributed by atoms with Crippen molar-refractivity contribution >= 4 is 34.3 Å². The monoisotopic (exact) mass is 461 g/mol. The summed E-state index contributed by atoms with van der Waals surface area (Å²) >= 11 is 1.27. The van der Waals surface area contributed by atoms with Crippen LogP contribution in [-0.4, -0.2) is 31.0 Å². The topological polar surface area (TPSA) is 81.8 Å². The van der Waals surface area contributed by atoms with Gasteiger partial charge in [0.25, 0.3) is 5.56 Å². The summed E-state index contributed by atoms with van der Waals surface area (Å²) in [5.74, 6) is -0.0246. The molecule has 2 heterocycles. The number of benzene rings is 2. The Bertz CT molecular complexity index is 1370. The Kier molecular flexibility index (Phi) is 6.65. The lowest BCUT2D eigenvalue weighted by Crippen LogP contribution is -2.24. The minimum Gasteiger partial charge on any atom is -0.322 e. The molecule has 4 rings (SSSR count). The summed E-state index contributed by atoms with van der Waals surface area (Å²) in [6.45, 7) is 8.43. The zero-order chi connectivity index (χ0) is 23.5. The lowest BCUT2D eigenvalue weighted by atomic mass is 10.2. The molecule has 0 bridgehead atoms. The Balaban J connectivity index is 1.54. The molecular weight excluding hydrogens is 434 g/mol. The van der Waals surface area contributed by atoms with E-state index < -0.39 is 0 Å². The number of nitrogens with one attached hydrogen (secondary N) is 1. The minimum atomic E-state index is -0.167. The first-order chi connectivity index (χ1) is 15.9. The van der Waals surface area contributed by atoms with E-state index in [1.165, 1.54) is 17.3 Å². The minimum absolute atomic E-state index is 0.0728. The highest BCUT2D eigenvalue weighted by Crippen LogP contribution is 2.24. The zero-order valence-electron chi connectivity index (χ0n) is 19.3. The van der Waals surface area contributed by atoms with Crippen molar-refractivity contribution in [3.8, 4) is 5.69 Å². The van der Waals surface area contributed by atoms with Crippen molar-refractivity contribution in [1.82, 2.24) is 19.3 Å². The molecule has 0 aliphatic carbocycles. The second-order valence-corrected chi connectivity index (χ2v) is 8.94. The van der Waals surface area contributed by atoms with Gasteiger partial charge in [-0.15, -0.1) is 0 Å². The van der Waals surface area contributed by atoms with Crippen molar-refractivity contribution in [1.29, 1.82) is 0 Å². The molecule has 0 saturated carbocycles. The van der Waals surface area contributed by atoms with E-state index in [1.807, 2.05) is 74.8 Å². The number of hydrogen-bond acceptors (Lipinski definition) is 5. The molecule has 0 fully saturated rings. The Hall–Kier alpha value is -3.39. The van der Waals surface area contributed by atoms with Crippen LogP contribution in [0.3, 0.4) is 0 Å². The number of anilines is 1. The summed E-state index contributed by atoms with van der Waals surface area (Å²) in [5.41, 5.74) is 5.01. The van der Waals surface area contributed by atoms with E-state index in [9.17, 15) is 9.59 Å². The normalized spacial score (nSPS) is 11.2. The zero-order valence-corrected chi connectivity index (χ0v) is 20.1. The van der Waals surface area contributed by atoms with E-state index in [4.69, 9.17) is 0 Å². The largest absolute Gasteiger partial charge is 0.322 e. The number of aryl methyl sites for hydroxylation is 2. The molecule has 2 aromatic heterocycles. The summed E-state index contributed by atoms with van der Waals surface area (Å²) in [4.78, 5) is 30.4. The van der Waals surface area contributed by atoms with Crippen molar-refractivity contribution in [2.75, 3.05) is 11.1 Å². The molecule has 0 unspecified atom stereocenters. The summed E-state index contributed by atoms with van der Waals surface area (Å²) in [6, 6.07) is 15.4. The molecule has 2 aromatic carbocycles. The number of nitrogens with zero attached hydrogens (tertiary/aromatic N) is 4. The van der Waals surface area contributed by atoms with Crippen LogP contribution in [0.4, 0.5) is 5.69 Å². The van der Waals surface area contributed by atoms with E-state index >= 15 is 0 Å². The van der Waals surface area contributed by atoms with E-state index in [0.717, 1.165) is 23.5 Å². The van der Waals surface area contributed by atoms with Gasteiger partial charge in [-0.05, 0) is 51.5 Å². The molecule has 0 spiro atoms. The van der Waals surface area contributed by atoms with Crippen LogP contribution in [0.2, 0.25) is 0 Å². The van der Waals surface area contributed by atoms with Crippen molar-refractivity contribution < 1.29 is 4.79 Å². The molecule has 0 aliphatic heterocycles. The molecule has 0 saturated heterocycles. The number of fused-ring (bicyclic) bond motifs is 1. The number of carbonyl (C=O) groups is 1. The highest BCUT2D eigenvalue weighted by molar-refractivity contribution is 7.99. The molecular formula is C25H27N5O2S. The predicted octanol–water partition coefficient (Wildman–Crippen LogP) is 4.65. The van der Waals surface area contributed by atoms with Gasteiger partial charge in [0.1, 0.15) is 0 Å². The molecule has 0 atom stereocenters. The van der Waals surface area contributed by atoms with E-state index in [1.54, 1.807) is 10.6 Å². The average Bonchev–Trinajstić information content (AvgIpc) is 3.08. The molecule has 0 aliphatic rings. The molecule has 33 heavy (non-hydrogen) atoms.